The first-order valence-electron chi connectivity index (χ1n) is 11.5. The predicted octanol–water partition coefficient (Wildman–Crippen LogP) is 5.46. The minimum atomic E-state index is 0.517. The highest BCUT2D eigenvalue weighted by Gasteiger charge is 2.34. The molecule has 2 aromatic heterocycles. The van der Waals surface area contributed by atoms with Gasteiger partial charge in [0.05, 0.1) is 18.2 Å². The molecule has 0 radical (unpaired) electrons. The third-order valence-corrected chi connectivity index (χ3v) is 7.37. The van der Waals surface area contributed by atoms with Crippen molar-refractivity contribution in [2.45, 2.75) is 39.0 Å². The fourth-order valence-corrected chi connectivity index (χ4v) is 5.19. The number of hydrogen-bond donors (Lipinski definition) is 1. The molecule has 5 rings (SSSR count). The molecule has 1 saturated heterocycles. The first-order chi connectivity index (χ1) is 15.0. The number of benzene rings is 1. The molecule has 3 heterocycles. The van der Waals surface area contributed by atoms with E-state index in [1.807, 2.05) is 30.3 Å². The van der Waals surface area contributed by atoms with Crippen LogP contribution in [0, 0.1) is 11.3 Å². The molecular weight excluding hydrogens is 382 g/mol. The van der Waals surface area contributed by atoms with Crippen LogP contribution in [0.2, 0.25) is 0 Å². The van der Waals surface area contributed by atoms with E-state index in [4.69, 9.17) is 0 Å². The maximum Gasteiger partial charge on any atom is 0.130 e. The minimum Gasteiger partial charge on any atom is -0.344 e. The number of fused-ring (bicyclic) bond motifs is 1. The van der Waals surface area contributed by atoms with Crippen molar-refractivity contribution >= 4 is 16.6 Å². The van der Waals surface area contributed by atoms with Crippen molar-refractivity contribution in [3.05, 3.63) is 55.3 Å². The van der Waals surface area contributed by atoms with Gasteiger partial charge in [-0.3, -0.25) is 0 Å². The Morgan fingerprint density at radius 1 is 1.16 bits per heavy atom. The lowest BCUT2D eigenvalue weighted by atomic mass is 9.70. The lowest BCUT2D eigenvalue weighted by Crippen LogP contribution is -2.44. The van der Waals surface area contributed by atoms with Crippen molar-refractivity contribution in [3.8, 4) is 11.3 Å². The standard InChI is InChI=1S/C26H33N5/c1-19(20-7-11-31(12-8-20)17-26(2)9-4-10-26)29-25-14-23-13-21(5-6-22(23)15-28-25)24-16-27-18-30(24)3/h5-6,13-16,18,20H,1,4,7-12,17H2,2-3H3,(H,28,29). The molecule has 1 aliphatic heterocycles. The molecule has 1 aromatic carbocycles. The normalized spacial score (nSPS) is 19.3. The first kappa shape index (κ1) is 20.3. The number of nitrogens with one attached hydrogen (secondary N) is 1. The molecule has 0 bridgehead atoms. The summed E-state index contributed by atoms with van der Waals surface area (Å²) in [5, 5.41) is 5.83. The zero-order chi connectivity index (χ0) is 21.4. The summed E-state index contributed by atoms with van der Waals surface area (Å²) in [6.07, 6.45) is 12.3. The van der Waals surface area contributed by atoms with Crippen LogP contribution in [0.15, 0.2) is 55.3 Å². The van der Waals surface area contributed by atoms with Crippen molar-refractivity contribution in [3.63, 3.8) is 0 Å². The largest absolute Gasteiger partial charge is 0.344 e. The van der Waals surface area contributed by atoms with Gasteiger partial charge in [0.2, 0.25) is 0 Å². The Hall–Kier alpha value is -2.66. The van der Waals surface area contributed by atoms with Crippen LogP contribution in [0.5, 0.6) is 0 Å². The van der Waals surface area contributed by atoms with Crippen molar-refractivity contribution in [1.82, 2.24) is 19.4 Å². The summed E-state index contributed by atoms with van der Waals surface area (Å²) >= 11 is 0. The lowest BCUT2D eigenvalue weighted by Gasteiger charge is -2.44. The number of piperidine rings is 1. The highest BCUT2D eigenvalue weighted by atomic mass is 15.1. The number of hydrogen-bond acceptors (Lipinski definition) is 4. The van der Waals surface area contributed by atoms with Gasteiger partial charge in [0.25, 0.3) is 0 Å². The van der Waals surface area contributed by atoms with Gasteiger partial charge in [0, 0.05) is 42.4 Å². The number of likely N-dealkylation sites (tertiary alicyclic amines) is 1. The van der Waals surface area contributed by atoms with Gasteiger partial charge in [-0.05, 0) is 61.7 Å². The third kappa shape index (κ3) is 4.24. The van der Waals surface area contributed by atoms with E-state index in [0.717, 1.165) is 28.2 Å². The van der Waals surface area contributed by atoms with Crippen LogP contribution in [0.4, 0.5) is 5.82 Å². The SMILES string of the molecule is C=C(Nc1cc2cc(-c3cncn3C)ccc2cn1)C1CCN(CC2(C)CCC2)CC1. The highest BCUT2D eigenvalue weighted by Crippen LogP contribution is 2.41. The molecular formula is C26H33N5. The summed E-state index contributed by atoms with van der Waals surface area (Å²) in [5.41, 5.74) is 3.95. The second-order valence-electron chi connectivity index (χ2n) is 9.89. The van der Waals surface area contributed by atoms with Crippen molar-refractivity contribution in [2.75, 3.05) is 25.0 Å². The molecule has 1 saturated carbocycles. The van der Waals surface area contributed by atoms with Gasteiger partial charge in [-0.1, -0.05) is 32.1 Å². The van der Waals surface area contributed by atoms with E-state index in [9.17, 15) is 0 Å². The summed E-state index contributed by atoms with van der Waals surface area (Å²) in [5.74, 6) is 1.40. The van der Waals surface area contributed by atoms with Crippen LogP contribution in [-0.2, 0) is 7.05 Å². The molecule has 0 spiro atoms. The van der Waals surface area contributed by atoms with E-state index in [1.54, 1.807) is 0 Å². The molecule has 162 valence electrons. The van der Waals surface area contributed by atoms with Gasteiger partial charge >= 0.3 is 0 Å². The Kier molecular flexibility index (Phi) is 5.30. The van der Waals surface area contributed by atoms with Crippen LogP contribution in [0.3, 0.4) is 0 Å². The second kappa shape index (κ2) is 8.12. The molecule has 5 nitrogen and oxygen atoms in total. The van der Waals surface area contributed by atoms with E-state index < -0.39 is 0 Å². The lowest BCUT2D eigenvalue weighted by molar-refractivity contribution is 0.0675. The summed E-state index contributed by atoms with van der Waals surface area (Å²) in [7, 11) is 2.02. The molecule has 2 fully saturated rings. The van der Waals surface area contributed by atoms with Crippen molar-refractivity contribution < 1.29 is 0 Å². The molecule has 0 unspecified atom stereocenters. The van der Waals surface area contributed by atoms with Gasteiger partial charge in [-0.15, -0.1) is 0 Å². The average molecular weight is 416 g/mol. The Labute approximate surface area is 185 Å². The smallest absolute Gasteiger partial charge is 0.130 e. The number of imidazole rings is 1. The predicted molar refractivity (Wildman–Crippen MR) is 128 cm³/mol. The van der Waals surface area contributed by atoms with E-state index in [2.05, 4.69) is 58.0 Å². The average Bonchev–Trinajstić information content (AvgIpc) is 3.18. The summed E-state index contributed by atoms with van der Waals surface area (Å²) in [6, 6.07) is 8.60. The van der Waals surface area contributed by atoms with Crippen LogP contribution in [0.1, 0.15) is 39.0 Å². The molecule has 0 amide bonds. The molecule has 1 aliphatic carbocycles. The van der Waals surface area contributed by atoms with Crippen LogP contribution >= 0.6 is 0 Å². The quantitative estimate of drug-likeness (QED) is 0.580. The highest BCUT2D eigenvalue weighted by molar-refractivity contribution is 5.88. The summed E-state index contributed by atoms with van der Waals surface area (Å²) < 4.78 is 2.04. The third-order valence-electron chi connectivity index (χ3n) is 7.37. The molecule has 2 aliphatic rings. The molecule has 5 heteroatoms. The Morgan fingerprint density at radius 2 is 1.97 bits per heavy atom. The molecule has 3 aromatic rings. The topological polar surface area (TPSA) is 46.0 Å². The molecule has 1 N–H and O–H groups in total. The fourth-order valence-electron chi connectivity index (χ4n) is 5.19. The summed E-state index contributed by atoms with van der Waals surface area (Å²) in [4.78, 5) is 11.5. The number of aromatic nitrogens is 3. The van der Waals surface area contributed by atoms with Gasteiger partial charge in [0.15, 0.2) is 0 Å². The van der Waals surface area contributed by atoms with E-state index in [0.29, 0.717) is 11.3 Å². The van der Waals surface area contributed by atoms with Gasteiger partial charge in [-0.2, -0.15) is 0 Å². The van der Waals surface area contributed by atoms with Crippen molar-refractivity contribution in [2.24, 2.45) is 18.4 Å². The Morgan fingerprint density at radius 3 is 2.65 bits per heavy atom. The van der Waals surface area contributed by atoms with E-state index in [-0.39, 0.29) is 0 Å². The number of allylic oxidation sites excluding steroid dienone is 1. The van der Waals surface area contributed by atoms with Crippen LogP contribution in [-0.4, -0.2) is 39.1 Å². The number of rotatable bonds is 6. The maximum atomic E-state index is 4.63. The summed E-state index contributed by atoms with van der Waals surface area (Å²) in [6.45, 7) is 10.5. The van der Waals surface area contributed by atoms with Gasteiger partial charge < -0.3 is 14.8 Å². The van der Waals surface area contributed by atoms with Crippen LogP contribution < -0.4 is 5.32 Å². The number of pyridine rings is 1. The van der Waals surface area contributed by atoms with E-state index >= 15 is 0 Å². The maximum absolute atomic E-state index is 4.63. The number of nitrogens with zero attached hydrogens (tertiary/aromatic N) is 4. The van der Waals surface area contributed by atoms with Gasteiger partial charge in [-0.25, -0.2) is 9.97 Å². The van der Waals surface area contributed by atoms with Crippen LogP contribution in [0.25, 0.3) is 22.0 Å². The molecule has 0 atom stereocenters. The van der Waals surface area contributed by atoms with E-state index in [1.165, 1.54) is 57.1 Å². The zero-order valence-corrected chi connectivity index (χ0v) is 18.8. The second-order valence-corrected chi connectivity index (χ2v) is 9.89. The number of aryl methyl sites for hydroxylation is 1. The first-order valence-corrected chi connectivity index (χ1v) is 11.5. The Bertz CT molecular complexity index is 1090. The van der Waals surface area contributed by atoms with Gasteiger partial charge in [0.1, 0.15) is 5.82 Å². The Balaban J connectivity index is 1.24. The minimum absolute atomic E-state index is 0.517. The zero-order valence-electron chi connectivity index (χ0n) is 18.8. The monoisotopic (exact) mass is 415 g/mol. The van der Waals surface area contributed by atoms with Crippen molar-refractivity contribution in [1.29, 1.82) is 0 Å². The molecule has 31 heavy (non-hydrogen) atoms. The number of anilines is 1. The fraction of sp³-hybridized carbons (Fsp3) is 0.462.